The summed E-state index contributed by atoms with van der Waals surface area (Å²) in [4.78, 5) is 12.1. The zero-order chi connectivity index (χ0) is 15.8. The van der Waals surface area contributed by atoms with E-state index in [4.69, 9.17) is 9.84 Å². The quantitative estimate of drug-likeness (QED) is 0.755. The van der Waals surface area contributed by atoms with Crippen molar-refractivity contribution < 1.29 is 14.6 Å². The van der Waals surface area contributed by atoms with Crippen molar-refractivity contribution in [3.05, 3.63) is 35.9 Å². The van der Waals surface area contributed by atoms with Crippen LogP contribution in [0, 0.1) is 5.92 Å². The van der Waals surface area contributed by atoms with Crippen molar-refractivity contribution in [2.75, 3.05) is 19.8 Å². The SMILES string of the molecule is CC(CO)NC(=O)NC(CC1CCOCC1)c1ccccc1. The van der Waals surface area contributed by atoms with E-state index in [9.17, 15) is 4.79 Å². The molecule has 0 spiro atoms. The van der Waals surface area contributed by atoms with Crippen molar-refractivity contribution >= 4 is 6.03 Å². The van der Waals surface area contributed by atoms with Crippen LogP contribution in [-0.2, 0) is 4.74 Å². The topological polar surface area (TPSA) is 70.6 Å². The van der Waals surface area contributed by atoms with E-state index in [-0.39, 0.29) is 24.7 Å². The van der Waals surface area contributed by atoms with Gasteiger partial charge in [0.25, 0.3) is 0 Å². The van der Waals surface area contributed by atoms with Gasteiger partial charge in [-0.05, 0) is 37.7 Å². The van der Waals surface area contributed by atoms with Crippen molar-refractivity contribution in [1.29, 1.82) is 0 Å². The predicted molar refractivity (Wildman–Crippen MR) is 85.6 cm³/mol. The van der Waals surface area contributed by atoms with Crippen LogP contribution in [0.5, 0.6) is 0 Å². The van der Waals surface area contributed by atoms with Crippen LogP contribution in [0.4, 0.5) is 4.79 Å². The lowest BCUT2D eigenvalue weighted by Crippen LogP contribution is -2.44. The van der Waals surface area contributed by atoms with E-state index < -0.39 is 0 Å². The molecule has 22 heavy (non-hydrogen) atoms. The van der Waals surface area contributed by atoms with Crippen LogP contribution in [0.2, 0.25) is 0 Å². The number of hydrogen-bond acceptors (Lipinski definition) is 3. The molecule has 1 heterocycles. The first kappa shape index (κ1) is 16.8. The minimum atomic E-state index is -0.250. The highest BCUT2D eigenvalue weighted by atomic mass is 16.5. The van der Waals surface area contributed by atoms with Gasteiger partial charge in [-0.25, -0.2) is 4.79 Å². The lowest BCUT2D eigenvalue weighted by molar-refractivity contribution is 0.0608. The lowest BCUT2D eigenvalue weighted by atomic mass is 9.89. The molecule has 1 aromatic rings. The summed E-state index contributed by atoms with van der Waals surface area (Å²) in [6.45, 7) is 3.32. The fourth-order valence-electron chi connectivity index (χ4n) is 2.75. The summed E-state index contributed by atoms with van der Waals surface area (Å²) in [7, 11) is 0. The summed E-state index contributed by atoms with van der Waals surface area (Å²) in [6, 6.07) is 9.53. The molecule has 2 atom stereocenters. The van der Waals surface area contributed by atoms with Crippen LogP contribution in [0.3, 0.4) is 0 Å². The van der Waals surface area contributed by atoms with Crippen LogP contribution in [0.25, 0.3) is 0 Å². The Balaban J connectivity index is 1.99. The van der Waals surface area contributed by atoms with Crippen molar-refractivity contribution in [3.63, 3.8) is 0 Å². The van der Waals surface area contributed by atoms with Gasteiger partial charge in [-0.1, -0.05) is 30.3 Å². The Bertz CT molecular complexity index is 446. The number of benzene rings is 1. The van der Waals surface area contributed by atoms with Gasteiger partial charge in [0.1, 0.15) is 0 Å². The third kappa shape index (κ3) is 5.31. The highest BCUT2D eigenvalue weighted by Crippen LogP contribution is 2.27. The van der Waals surface area contributed by atoms with Gasteiger partial charge in [-0.3, -0.25) is 0 Å². The van der Waals surface area contributed by atoms with Gasteiger partial charge in [0, 0.05) is 13.2 Å². The average Bonchev–Trinajstić information content (AvgIpc) is 2.56. The molecule has 122 valence electrons. The normalized spacial score (nSPS) is 18.5. The Morgan fingerprint density at radius 3 is 2.59 bits per heavy atom. The number of aliphatic hydroxyl groups is 1. The van der Waals surface area contributed by atoms with E-state index >= 15 is 0 Å². The highest BCUT2D eigenvalue weighted by molar-refractivity contribution is 5.74. The first-order valence-corrected chi connectivity index (χ1v) is 7.99. The third-order valence-electron chi connectivity index (χ3n) is 4.07. The predicted octanol–water partition coefficient (Wildman–Crippen LogP) is 2.22. The fraction of sp³-hybridized carbons (Fsp3) is 0.588. The molecule has 1 aliphatic heterocycles. The molecule has 1 saturated heterocycles. The largest absolute Gasteiger partial charge is 0.394 e. The minimum absolute atomic E-state index is 0.0183. The Morgan fingerprint density at radius 2 is 1.95 bits per heavy atom. The molecule has 0 aliphatic carbocycles. The van der Waals surface area contributed by atoms with Crippen LogP contribution >= 0.6 is 0 Å². The molecule has 2 amide bonds. The third-order valence-corrected chi connectivity index (χ3v) is 4.07. The highest BCUT2D eigenvalue weighted by Gasteiger charge is 2.22. The van der Waals surface area contributed by atoms with E-state index in [1.54, 1.807) is 6.92 Å². The monoisotopic (exact) mass is 306 g/mol. The fourth-order valence-corrected chi connectivity index (χ4v) is 2.75. The Morgan fingerprint density at radius 1 is 1.27 bits per heavy atom. The molecule has 0 saturated carbocycles. The first-order chi connectivity index (χ1) is 10.7. The summed E-state index contributed by atoms with van der Waals surface area (Å²) >= 11 is 0. The lowest BCUT2D eigenvalue weighted by Gasteiger charge is -2.28. The van der Waals surface area contributed by atoms with E-state index in [1.165, 1.54) is 0 Å². The van der Waals surface area contributed by atoms with Crippen LogP contribution < -0.4 is 10.6 Å². The Hall–Kier alpha value is -1.59. The first-order valence-electron chi connectivity index (χ1n) is 7.99. The standard InChI is InChI=1S/C17H26N2O3/c1-13(12-20)18-17(21)19-16(15-5-3-2-4-6-15)11-14-7-9-22-10-8-14/h2-6,13-14,16,20H,7-12H2,1H3,(H2,18,19,21). The molecule has 0 aromatic heterocycles. The van der Waals surface area contributed by atoms with Gasteiger partial charge in [-0.15, -0.1) is 0 Å². The summed E-state index contributed by atoms with van der Waals surface area (Å²) in [5, 5.41) is 14.8. The van der Waals surface area contributed by atoms with Crippen molar-refractivity contribution in [2.45, 2.75) is 38.3 Å². The number of aliphatic hydroxyl groups excluding tert-OH is 1. The second kappa shape index (κ2) is 8.76. The number of urea groups is 1. The number of carbonyl (C=O) groups excluding carboxylic acids is 1. The number of ether oxygens (including phenoxy) is 1. The van der Waals surface area contributed by atoms with Gasteiger partial charge < -0.3 is 20.5 Å². The van der Waals surface area contributed by atoms with Crippen LogP contribution in [-0.4, -0.2) is 37.0 Å². The molecular weight excluding hydrogens is 280 g/mol. The van der Waals surface area contributed by atoms with Gasteiger partial charge in [0.15, 0.2) is 0 Å². The van der Waals surface area contributed by atoms with Crippen molar-refractivity contribution in [1.82, 2.24) is 10.6 Å². The summed E-state index contributed by atoms with van der Waals surface area (Å²) in [5.41, 5.74) is 1.11. The van der Waals surface area contributed by atoms with Crippen LogP contribution in [0.15, 0.2) is 30.3 Å². The maximum absolute atomic E-state index is 12.1. The van der Waals surface area contributed by atoms with Crippen LogP contribution in [0.1, 0.15) is 37.8 Å². The van der Waals surface area contributed by atoms with Gasteiger partial charge in [0.2, 0.25) is 0 Å². The maximum atomic E-state index is 12.1. The van der Waals surface area contributed by atoms with Gasteiger partial charge in [-0.2, -0.15) is 0 Å². The van der Waals surface area contributed by atoms with Crippen molar-refractivity contribution in [2.24, 2.45) is 5.92 Å². The molecule has 5 heteroatoms. The molecule has 0 bridgehead atoms. The molecule has 3 N–H and O–H groups in total. The molecule has 5 nitrogen and oxygen atoms in total. The second-order valence-electron chi connectivity index (χ2n) is 5.96. The summed E-state index contributed by atoms with van der Waals surface area (Å²) in [6.07, 6.45) is 2.99. The van der Waals surface area contributed by atoms with Gasteiger partial charge >= 0.3 is 6.03 Å². The van der Waals surface area contributed by atoms with Crippen molar-refractivity contribution in [3.8, 4) is 0 Å². The number of carbonyl (C=O) groups is 1. The zero-order valence-corrected chi connectivity index (χ0v) is 13.1. The molecule has 2 unspecified atom stereocenters. The average molecular weight is 306 g/mol. The molecule has 0 radical (unpaired) electrons. The van der Waals surface area contributed by atoms with E-state index in [0.717, 1.165) is 38.0 Å². The van der Waals surface area contributed by atoms with E-state index in [2.05, 4.69) is 10.6 Å². The molecule has 2 rings (SSSR count). The summed E-state index contributed by atoms with van der Waals surface area (Å²) < 4.78 is 5.41. The number of nitrogens with one attached hydrogen (secondary N) is 2. The van der Waals surface area contributed by atoms with Gasteiger partial charge in [0.05, 0.1) is 18.7 Å². The number of hydrogen-bond donors (Lipinski definition) is 3. The molecule has 1 fully saturated rings. The smallest absolute Gasteiger partial charge is 0.315 e. The molecule has 1 aromatic carbocycles. The molecular formula is C17H26N2O3. The number of rotatable bonds is 6. The number of amides is 2. The Kier molecular flexibility index (Phi) is 6.68. The zero-order valence-electron chi connectivity index (χ0n) is 13.1. The molecule has 1 aliphatic rings. The Labute approximate surface area is 132 Å². The van der Waals surface area contributed by atoms with E-state index in [1.807, 2.05) is 30.3 Å². The second-order valence-corrected chi connectivity index (χ2v) is 5.96. The summed E-state index contributed by atoms with van der Waals surface area (Å²) in [5.74, 6) is 0.564. The van der Waals surface area contributed by atoms with E-state index in [0.29, 0.717) is 5.92 Å². The maximum Gasteiger partial charge on any atom is 0.315 e. The minimum Gasteiger partial charge on any atom is -0.394 e.